The fraction of sp³-hybridized carbons (Fsp3) is 0.100. The lowest BCUT2D eigenvalue weighted by atomic mass is 9.99. The van der Waals surface area contributed by atoms with Crippen molar-refractivity contribution in [2.45, 2.75) is 13.8 Å². The van der Waals surface area contributed by atoms with Crippen molar-refractivity contribution < 1.29 is 8.98 Å². The second-order valence-electron chi connectivity index (χ2n) is 8.99. The predicted molar refractivity (Wildman–Crippen MR) is 136 cm³/mol. The van der Waals surface area contributed by atoms with E-state index < -0.39 is 0 Å². The highest BCUT2D eigenvalue weighted by Gasteiger charge is 2.24. The van der Waals surface area contributed by atoms with Crippen molar-refractivity contribution in [2.24, 2.45) is 7.05 Å². The van der Waals surface area contributed by atoms with Gasteiger partial charge < -0.3 is 4.42 Å². The molecule has 158 valence electrons. The van der Waals surface area contributed by atoms with Crippen LogP contribution in [-0.2, 0) is 7.05 Å². The average Bonchev–Trinajstić information content (AvgIpc) is 3.32. The Balaban J connectivity index is 1.61. The summed E-state index contributed by atoms with van der Waals surface area (Å²) in [6, 6.07) is 30.4. The number of fused-ring (bicyclic) bond motifs is 8. The zero-order valence-electron chi connectivity index (χ0n) is 18.9. The summed E-state index contributed by atoms with van der Waals surface area (Å²) in [6.07, 6.45) is 0. The van der Waals surface area contributed by atoms with Crippen LogP contribution >= 0.6 is 0 Å². The Labute approximate surface area is 191 Å². The van der Waals surface area contributed by atoms with Crippen LogP contribution in [-0.4, -0.2) is 4.57 Å². The Morgan fingerprint density at radius 2 is 1.45 bits per heavy atom. The highest BCUT2D eigenvalue weighted by atomic mass is 16.3. The van der Waals surface area contributed by atoms with Crippen LogP contribution in [0.4, 0.5) is 0 Å². The Morgan fingerprint density at radius 1 is 0.667 bits per heavy atom. The van der Waals surface area contributed by atoms with E-state index in [2.05, 4.69) is 103 Å². The van der Waals surface area contributed by atoms with Gasteiger partial charge in [-0.25, -0.2) is 4.57 Å². The van der Waals surface area contributed by atoms with E-state index in [4.69, 9.17) is 4.42 Å². The summed E-state index contributed by atoms with van der Waals surface area (Å²) in [7, 11) is 2.17. The van der Waals surface area contributed by atoms with E-state index in [0.29, 0.717) is 0 Å². The van der Waals surface area contributed by atoms with Crippen LogP contribution in [0.25, 0.3) is 60.2 Å². The van der Waals surface area contributed by atoms with Crippen molar-refractivity contribution in [3.05, 3.63) is 96.3 Å². The van der Waals surface area contributed by atoms with Gasteiger partial charge >= 0.3 is 0 Å². The zero-order valence-corrected chi connectivity index (χ0v) is 18.9. The summed E-state index contributed by atoms with van der Waals surface area (Å²) in [5.41, 5.74) is 6.86. The first-order chi connectivity index (χ1) is 16.1. The first-order valence-electron chi connectivity index (χ1n) is 11.4. The van der Waals surface area contributed by atoms with E-state index in [9.17, 15) is 0 Å². The van der Waals surface area contributed by atoms with Gasteiger partial charge in [0.25, 0.3) is 5.82 Å². The van der Waals surface area contributed by atoms with Crippen LogP contribution in [0, 0.1) is 13.8 Å². The summed E-state index contributed by atoms with van der Waals surface area (Å²) in [6.45, 7) is 4.37. The number of aromatic nitrogens is 2. The molecule has 33 heavy (non-hydrogen) atoms. The third-order valence-corrected chi connectivity index (χ3v) is 7.21. The molecule has 0 aliphatic heterocycles. The largest absolute Gasteiger partial charge is 0.456 e. The maximum absolute atomic E-state index is 6.13. The lowest BCUT2D eigenvalue weighted by Crippen LogP contribution is -2.31. The van der Waals surface area contributed by atoms with Crippen LogP contribution in [0.15, 0.2) is 89.3 Å². The molecule has 3 heteroatoms. The van der Waals surface area contributed by atoms with Gasteiger partial charge in [0, 0.05) is 23.1 Å². The number of hydrogen-bond donors (Lipinski definition) is 0. The van der Waals surface area contributed by atoms with Crippen LogP contribution in [0.5, 0.6) is 0 Å². The third kappa shape index (κ3) is 2.42. The number of rotatable bonds is 1. The van der Waals surface area contributed by atoms with Crippen LogP contribution in [0.2, 0.25) is 0 Å². The Kier molecular flexibility index (Phi) is 3.61. The number of aryl methyl sites for hydroxylation is 2. The molecule has 7 rings (SSSR count). The average molecular weight is 428 g/mol. The molecule has 0 bridgehead atoms. The lowest BCUT2D eigenvalue weighted by Gasteiger charge is -2.06. The first kappa shape index (κ1) is 18.5. The van der Waals surface area contributed by atoms with Gasteiger partial charge in [0.15, 0.2) is 11.0 Å². The number of hydrogen-bond acceptors (Lipinski definition) is 1. The van der Waals surface area contributed by atoms with Crippen molar-refractivity contribution in [1.82, 2.24) is 4.57 Å². The van der Waals surface area contributed by atoms with E-state index >= 15 is 0 Å². The van der Waals surface area contributed by atoms with Gasteiger partial charge in [-0.15, -0.1) is 0 Å². The molecule has 0 N–H and O–H groups in total. The van der Waals surface area contributed by atoms with Crippen molar-refractivity contribution in [2.75, 3.05) is 0 Å². The molecule has 0 fully saturated rings. The van der Waals surface area contributed by atoms with E-state index in [-0.39, 0.29) is 0 Å². The number of para-hydroxylation sites is 2. The molecule has 3 nitrogen and oxygen atoms in total. The fourth-order valence-corrected chi connectivity index (χ4v) is 5.47. The minimum absolute atomic E-state index is 0.937. The highest BCUT2D eigenvalue weighted by molar-refractivity contribution is 6.19. The number of nitrogens with zero attached hydrogens (tertiary/aromatic N) is 2. The molecule has 7 aromatic rings. The SMILES string of the molecule is Cc1ccccc1-n1c(C)[n+](C)c2c3ccc4cc5oc6ccccc6c5cc4c3ccc21. The summed E-state index contributed by atoms with van der Waals surface area (Å²) in [5, 5.41) is 7.33. The number of benzene rings is 5. The van der Waals surface area contributed by atoms with E-state index in [1.54, 1.807) is 0 Å². The molecule has 0 atom stereocenters. The third-order valence-electron chi connectivity index (χ3n) is 7.21. The van der Waals surface area contributed by atoms with E-state index in [0.717, 1.165) is 11.2 Å². The standard InChI is InChI=1S/C30H23N2O/c1-18-8-4-6-10-26(18)32-19(2)31(3)30-23-13-12-20-16-29-25(22-9-5-7-11-28(22)33-29)17-24(20)21(23)14-15-27(30)32/h4-17H,1-3H3/q+1. The minimum atomic E-state index is 0.937. The molecule has 2 aromatic heterocycles. The molecule has 0 saturated heterocycles. The summed E-state index contributed by atoms with van der Waals surface area (Å²) < 4.78 is 10.8. The molecule has 0 aliphatic rings. The Bertz CT molecular complexity index is 1900. The normalized spacial score (nSPS) is 12.1. The van der Waals surface area contributed by atoms with Gasteiger partial charge in [0.1, 0.15) is 16.9 Å². The quantitative estimate of drug-likeness (QED) is 0.199. The topological polar surface area (TPSA) is 21.9 Å². The molecule has 5 aromatic carbocycles. The molecule has 2 heterocycles. The van der Waals surface area contributed by atoms with Gasteiger partial charge in [-0.3, -0.25) is 0 Å². The van der Waals surface area contributed by atoms with Crippen molar-refractivity contribution in [3.63, 3.8) is 0 Å². The van der Waals surface area contributed by atoms with Crippen LogP contribution in [0.3, 0.4) is 0 Å². The summed E-state index contributed by atoms with van der Waals surface area (Å²) in [4.78, 5) is 0. The van der Waals surface area contributed by atoms with Crippen LogP contribution < -0.4 is 4.57 Å². The predicted octanol–water partition coefficient (Wildman–Crippen LogP) is 7.28. The Morgan fingerprint density at radius 3 is 2.33 bits per heavy atom. The number of furan rings is 1. The number of imidazole rings is 1. The van der Waals surface area contributed by atoms with Gasteiger partial charge in [-0.2, -0.15) is 4.57 Å². The molecule has 0 amide bonds. The molecule has 0 unspecified atom stereocenters. The molecular formula is C30H23N2O+. The van der Waals surface area contributed by atoms with Crippen molar-refractivity contribution in [1.29, 1.82) is 0 Å². The maximum Gasteiger partial charge on any atom is 0.259 e. The second-order valence-corrected chi connectivity index (χ2v) is 8.99. The van der Waals surface area contributed by atoms with E-state index in [1.807, 2.05) is 12.1 Å². The van der Waals surface area contributed by atoms with Crippen molar-refractivity contribution >= 4 is 54.5 Å². The van der Waals surface area contributed by atoms with Gasteiger partial charge in [0.2, 0.25) is 0 Å². The second kappa shape index (κ2) is 6.46. The van der Waals surface area contributed by atoms with Gasteiger partial charge in [0.05, 0.1) is 7.05 Å². The summed E-state index contributed by atoms with van der Waals surface area (Å²) in [5.74, 6) is 1.21. The highest BCUT2D eigenvalue weighted by Crippen LogP contribution is 2.37. The van der Waals surface area contributed by atoms with Gasteiger partial charge in [-0.1, -0.05) is 42.5 Å². The van der Waals surface area contributed by atoms with E-state index in [1.165, 1.54) is 60.4 Å². The lowest BCUT2D eigenvalue weighted by molar-refractivity contribution is -0.651. The van der Waals surface area contributed by atoms with Crippen LogP contribution in [0.1, 0.15) is 11.4 Å². The van der Waals surface area contributed by atoms with Gasteiger partial charge in [-0.05, 0) is 71.1 Å². The smallest absolute Gasteiger partial charge is 0.259 e. The maximum atomic E-state index is 6.13. The zero-order chi connectivity index (χ0) is 22.3. The first-order valence-corrected chi connectivity index (χ1v) is 11.4. The Hall–Kier alpha value is -4.11. The fourth-order valence-electron chi connectivity index (χ4n) is 5.47. The molecular weight excluding hydrogens is 404 g/mol. The molecule has 0 aliphatic carbocycles. The van der Waals surface area contributed by atoms with Crippen molar-refractivity contribution in [3.8, 4) is 5.69 Å². The summed E-state index contributed by atoms with van der Waals surface area (Å²) >= 11 is 0. The minimum Gasteiger partial charge on any atom is -0.456 e. The molecule has 0 radical (unpaired) electrons. The molecule has 0 spiro atoms. The monoisotopic (exact) mass is 427 g/mol. The molecule has 0 saturated carbocycles.